The average molecular weight is 278 g/mol. The van der Waals surface area contributed by atoms with Crippen molar-refractivity contribution in [3.8, 4) is 0 Å². The Morgan fingerprint density at radius 2 is 1.53 bits per heavy atom. The summed E-state index contributed by atoms with van der Waals surface area (Å²) in [7, 11) is 6.16. The molecule has 0 spiro atoms. The van der Waals surface area contributed by atoms with Crippen molar-refractivity contribution in [3.63, 3.8) is 0 Å². The second-order valence-corrected chi connectivity index (χ2v) is 4.18. The Morgan fingerprint density at radius 1 is 0.947 bits per heavy atom. The summed E-state index contributed by atoms with van der Waals surface area (Å²) in [5.41, 5.74) is 0. The monoisotopic (exact) mass is 278 g/mol. The molecule has 19 heavy (non-hydrogen) atoms. The Labute approximate surface area is 113 Å². The van der Waals surface area contributed by atoms with E-state index >= 15 is 0 Å². The molecule has 0 amide bonds. The molecule has 1 aliphatic rings. The summed E-state index contributed by atoms with van der Waals surface area (Å²) >= 11 is 0. The first-order valence-electron chi connectivity index (χ1n) is 5.99. The van der Waals surface area contributed by atoms with Crippen molar-refractivity contribution in [2.24, 2.45) is 0 Å². The molecule has 112 valence electrons. The molecule has 0 aromatic carbocycles. The number of methoxy groups -OCH3 is 4. The largest absolute Gasteiger partial charge is 0.463 e. The lowest BCUT2D eigenvalue weighted by Gasteiger charge is -2.43. The van der Waals surface area contributed by atoms with Gasteiger partial charge >= 0.3 is 5.97 Å². The summed E-state index contributed by atoms with van der Waals surface area (Å²) in [6, 6.07) is 0. The van der Waals surface area contributed by atoms with Crippen LogP contribution in [0.3, 0.4) is 0 Å². The van der Waals surface area contributed by atoms with Gasteiger partial charge in [0.15, 0.2) is 6.29 Å². The van der Waals surface area contributed by atoms with E-state index in [9.17, 15) is 4.79 Å². The number of carbonyl (C=O) groups excluding carboxylic acids is 1. The molecule has 1 fully saturated rings. The fraction of sp³-hybridized carbons (Fsp3) is 0.917. The van der Waals surface area contributed by atoms with E-state index in [0.717, 1.165) is 0 Å². The normalized spacial score (nSPS) is 35.1. The third-order valence-electron chi connectivity index (χ3n) is 3.09. The maximum absolute atomic E-state index is 10.9. The van der Waals surface area contributed by atoms with Crippen LogP contribution in [0.2, 0.25) is 0 Å². The average Bonchev–Trinajstić information content (AvgIpc) is 2.42. The van der Waals surface area contributed by atoms with Crippen molar-refractivity contribution < 1.29 is 33.2 Å². The predicted octanol–water partition coefficient (Wildman–Crippen LogP) is -0.0342. The molecule has 0 N–H and O–H groups in total. The van der Waals surface area contributed by atoms with Gasteiger partial charge in [-0.2, -0.15) is 0 Å². The highest BCUT2D eigenvalue weighted by atomic mass is 16.7. The smallest absolute Gasteiger partial charge is 0.302 e. The van der Waals surface area contributed by atoms with Crippen molar-refractivity contribution in [1.82, 2.24) is 0 Å². The molecule has 7 nitrogen and oxygen atoms in total. The van der Waals surface area contributed by atoms with E-state index in [1.54, 1.807) is 21.3 Å². The highest BCUT2D eigenvalue weighted by Gasteiger charge is 2.47. The topological polar surface area (TPSA) is 72.5 Å². The molecule has 0 aromatic heterocycles. The maximum atomic E-state index is 10.9. The lowest BCUT2D eigenvalue weighted by molar-refractivity contribution is -0.307. The van der Waals surface area contributed by atoms with Crippen molar-refractivity contribution in [3.05, 3.63) is 0 Å². The van der Waals surface area contributed by atoms with Gasteiger partial charge in [0.2, 0.25) is 0 Å². The molecule has 1 aliphatic heterocycles. The molecule has 0 radical (unpaired) electrons. The Hall–Kier alpha value is -0.730. The summed E-state index contributed by atoms with van der Waals surface area (Å²) < 4.78 is 32.0. The fourth-order valence-electron chi connectivity index (χ4n) is 2.20. The van der Waals surface area contributed by atoms with Crippen molar-refractivity contribution in [1.29, 1.82) is 0 Å². The van der Waals surface area contributed by atoms with Gasteiger partial charge in [-0.3, -0.25) is 4.79 Å². The Bertz CT molecular complexity index is 283. The SMILES string of the molecule is CO[C@H]1O[C@H](COC(C)=O)[C@@H](OC)[C@H](OC)[C@@H]1OC. The predicted molar refractivity (Wildman–Crippen MR) is 64.7 cm³/mol. The van der Waals surface area contributed by atoms with Crippen LogP contribution < -0.4 is 0 Å². The van der Waals surface area contributed by atoms with Crippen LogP contribution in [0.25, 0.3) is 0 Å². The van der Waals surface area contributed by atoms with Gasteiger partial charge < -0.3 is 28.4 Å². The van der Waals surface area contributed by atoms with Crippen LogP contribution in [0.15, 0.2) is 0 Å². The maximum Gasteiger partial charge on any atom is 0.302 e. The second-order valence-electron chi connectivity index (χ2n) is 4.18. The van der Waals surface area contributed by atoms with E-state index in [-0.39, 0.29) is 18.7 Å². The third-order valence-corrected chi connectivity index (χ3v) is 3.09. The van der Waals surface area contributed by atoms with Crippen LogP contribution in [-0.4, -0.2) is 71.7 Å². The van der Waals surface area contributed by atoms with Gasteiger partial charge in [-0.1, -0.05) is 0 Å². The second kappa shape index (κ2) is 7.76. The van der Waals surface area contributed by atoms with Gasteiger partial charge in [-0.05, 0) is 0 Å². The number of hydrogen-bond acceptors (Lipinski definition) is 7. The van der Waals surface area contributed by atoms with Crippen LogP contribution in [0, 0.1) is 0 Å². The van der Waals surface area contributed by atoms with Gasteiger partial charge in [0, 0.05) is 35.4 Å². The Balaban J connectivity index is 2.82. The minimum absolute atomic E-state index is 0.0734. The molecule has 5 atom stereocenters. The van der Waals surface area contributed by atoms with Gasteiger partial charge in [0.1, 0.15) is 31.0 Å². The van der Waals surface area contributed by atoms with Crippen LogP contribution in [0.5, 0.6) is 0 Å². The standard InChI is InChI=1S/C12H22O7/c1-7(13)18-6-8-9(14-2)10(15-3)11(16-4)12(17-5)19-8/h8-12H,6H2,1-5H3/t8-,9-,10+,11+,12+/m1/s1. The lowest BCUT2D eigenvalue weighted by Crippen LogP contribution is -2.61. The van der Waals surface area contributed by atoms with Gasteiger partial charge in [0.05, 0.1) is 0 Å². The number of hydrogen-bond donors (Lipinski definition) is 0. The molecular formula is C12H22O7. The molecule has 0 saturated carbocycles. The lowest BCUT2D eigenvalue weighted by atomic mass is 9.98. The number of carbonyl (C=O) groups is 1. The summed E-state index contributed by atoms with van der Waals surface area (Å²) in [5, 5.41) is 0. The molecule has 0 aromatic rings. The Kier molecular flexibility index (Phi) is 6.67. The molecule has 0 aliphatic carbocycles. The quantitative estimate of drug-likeness (QED) is 0.631. The first-order chi connectivity index (χ1) is 9.08. The zero-order valence-corrected chi connectivity index (χ0v) is 12.0. The van der Waals surface area contributed by atoms with Gasteiger partial charge in [-0.15, -0.1) is 0 Å². The summed E-state index contributed by atoms with van der Waals surface area (Å²) in [4.78, 5) is 10.9. The highest BCUT2D eigenvalue weighted by Crippen LogP contribution is 2.27. The van der Waals surface area contributed by atoms with Crippen LogP contribution in [0.4, 0.5) is 0 Å². The zero-order chi connectivity index (χ0) is 14.4. The van der Waals surface area contributed by atoms with E-state index in [1.165, 1.54) is 14.0 Å². The first-order valence-corrected chi connectivity index (χ1v) is 5.99. The van der Waals surface area contributed by atoms with E-state index in [0.29, 0.717) is 0 Å². The van der Waals surface area contributed by atoms with E-state index in [1.807, 2.05) is 0 Å². The molecule has 7 heteroatoms. The zero-order valence-electron chi connectivity index (χ0n) is 12.0. The Morgan fingerprint density at radius 3 is 1.95 bits per heavy atom. The summed E-state index contributed by atoms with van der Waals surface area (Å²) in [5.74, 6) is -0.379. The highest BCUT2D eigenvalue weighted by molar-refractivity contribution is 5.65. The third kappa shape index (κ3) is 3.87. The molecule has 1 rings (SSSR count). The van der Waals surface area contributed by atoms with Crippen LogP contribution >= 0.6 is 0 Å². The summed E-state index contributed by atoms with van der Waals surface area (Å²) in [6.07, 6.45) is -2.31. The fourth-order valence-corrected chi connectivity index (χ4v) is 2.20. The number of esters is 1. The van der Waals surface area contributed by atoms with E-state index in [4.69, 9.17) is 28.4 Å². The molecule has 0 unspecified atom stereocenters. The van der Waals surface area contributed by atoms with Crippen LogP contribution in [-0.2, 0) is 33.2 Å². The van der Waals surface area contributed by atoms with E-state index in [2.05, 4.69) is 0 Å². The van der Waals surface area contributed by atoms with Crippen molar-refractivity contribution >= 4 is 5.97 Å². The van der Waals surface area contributed by atoms with Crippen molar-refractivity contribution in [2.75, 3.05) is 35.0 Å². The molecule has 0 bridgehead atoms. The minimum Gasteiger partial charge on any atom is -0.463 e. The van der Waals surface area contributed by atoms with Crippen molar-refractivity contribution in [2.45, 2.75) is 37.6 Å². The van der Waals surface area contributed by atoms with Gasteiger partial charge in [0.25, 0.3) is 0 Å². The number of ether oxygens (including phenoxy) is 6. The molecular weight excluding hydrogens is 256 g/mol. The number of rotatable bonds is 6. The van der Waals surface area contributed by atoms with E-state index < -0.39 is 24.6 Å². The molecule has 1 saturated heterocycles. The van der Waals surface area contributed by atoms with Gasteiger partial charge in [-0.25, -0.2) is 0 Å². The molecule has 1 heterocycles. The van der Waals surface area contributed by atoms with Crippen LogP contribution in [0.1, 0.15) is 6.92 Å². The first kappa shape index (κ1) is 16.3. The minimum atomic E-state index is -0.609. The summed E-state index contributed by atoms with van der Waals surface area (Å²) in [6.45, 7) is 1.41.